The number of halogens is 1. The van der Waals surface area contributed by atoms with E-state index in [1.54, 1.807) is 0 Å². The zero-order chi connectivity index (χ0) is 11.7. The number of hydrogen-bond acceptors (Lipinski definition) is 3. The van der Waals surface area contributed by atoms with E-state index in [0.29, 0.717) is 18.8 Å². The van der Waals surface area contributed by atoms with Crippen molar-refractivity contribution in [2.24, 2.45) is 0 Å². The van der Waals surface area contributed by atoms with Gasteiger partial charge in [0, 0.05) is 25.2 Å². The maximum atomic E-state index is 9.91. The fraction of sp³-hybridized carbons (Fsp3) is 0.500. The minimum Gasteiger partial charge on any atom is -0.506 e. The predicted molar refractivity (Wildman–Crippen MR) is 66.4 cm³/mol. The number of benzene rings is 1. The van der Waals surface area contributed by atoms with Gasteiger partial charge in [-0.05, 0) is 40.9 Å². The second-order valence-electron chi connectivity index (χ2n) is 4.43. The normalized spacial score (nSPS) is 21.6. The van der Waals surface area contributed by atoms with Crippen molar-refractivity contribution >= 4 is 15.9 Å². The molecular weight excluding hydrogens is 270 g/mol. The van der Waals surface area contributed by atoms with Crippen molar-refractivity contribution in [3.8, 4) is 5.75 Å². The molecule has 2 rings (SSSR count). The van der Waals surface area contributed by atoms with E-state index in [0.717, 1.165) is 28.6 Å². The maximum absolute atomic E-state index is 9.91. The van der Waals surface area contributed by atoms with Crippen LogP contribution in [0.1, 0.15) is 17.5 Å². The van der Waals surface area contributed by atoms with Crippen molar-refractivity contribution in [2.45, 2.75) is 26.0 Å². The molecule has 2 N–H and O–H groups in total. The Hall–Kier alpha value is -0.580. The topological polar surface area (TPSA) is 43.7 Å². The van der Waals surface area contributed by atoms with Crippen LogP contribution in [0.2, 0.25) is 0 Å². The van der Waals surface area contributed by atoms with E-state index in [2.05, 4.69) is 20.8 Å². The Morgan fingerprint density at radius 1 is 1.50 bits per heavy atom. The standard InChI is InChI=1S/C12H16BrNO2/c1-8-4-9(12(16)11(13)5-8)6-14-3-2-10(15)7-14/h4-5,10,15-16H,2-3,6-7H2,1H3/t10-/m0/s1. The van der Waals surface area contributed by atoms with E-state index in [1.165, 1.54) is 0 Å². The molecule has 3 nitrogen and oxygen atoms in total. The molecule has 0 aliphatic carbocycles. The van der Waals surface area contributed by atoms with Crippen LogP contribution in [0.15, 0.2) is 16.6 Å². The highest BCUT2D eigenvalue weighted by atomic mass is 79.9. The van der Waals surface area contributed by atoms with Gasteiger partial charge in [-0.3, -0.25) is 4.90 Å². The number of nitrogens with zero attached hydrogens (tertiary/aromatic N) is 1. The summed E-state index contributed by atoms with van der Waals surface area (Å²) in [5, 5.41) is 19.4. The van der Waals surface area contributed by atoms with Gasteiger partial charge in [-0.2, -0.15) is 0 Å². The molecule has 0 radical (unpaired) electrons. The SMILES string of the molecule is Cc1cc(Br)c(O)c(CN2CC[C@H](O)C2)c1. The first kappa shape index (κ1) is 11.9. The maximum Gasteiger partial charge on any atom is 0.134 e. The van der Waals surface area contributed by atoms with Gasteiger partial charge in [0.25, 0.3) is 0 Å². The number of hydrogen-bond donors (Lipinski definition) is 2. The van der Waals surface area contributed by atoms with Crippen LogP contribution >= 0.6 is 15.9 Å². The van der Waals surface area contributed by atoms with Gasteiger partial charge in [0.15, 0.2) is 0 Å². The first-order valence-corrected chi connectivity index (χ1v) is 6.24. The van der Waals surface area contributed by atoms with Gasteiger partial charge >= 0.3 is 0 Å². The average molecular weight is 286 g/mol. The zero-order valence-electron chi connectivity index (χ0n) is 9.28. The second kappa shape index (κ2) is 4.73. The molecule has 88 valence electrons. The molecule has 4 heteroatoms. The lowest BCUT2D eigenvalue weighted by atomic mass is 10.1. The third-order valence-corrected chi connectivity index (χ3v) is 3.53. The largest absolute Gasteiger partial charge is 0.506 e. The summed E-state index contributed by atoms with van der Waals surface area (Å²) in [6, 6.07) is 3.89. The van der Waals surface area contributed by atoms with Gasteiger partial charge in [0.05, 0.1) is 10.6 Å². The van der Waals surface area contributed by atoms with Gasteiger partial charge in [0.1, 0.15) is 5.75 Å². The molecule has 16 heavy (non-hydrogen) atoms. The van der Waals surface area contributed by atoms with Crippen LogP contribution in [0.25, 0.3) is 0 Å². The number of likely N-dealkylation sites (tertiary alicyclic amines) is 1. The van der Waals surface area contributed by atoms with Crippen LogP contribution in [0.3, 0.4) is 0 Å². The molecule has 0 spiro atoms. The number of phenolic OH excluding ortho intramolecular Hbond substituents is 1. The Balaban J connectivity index is 2.15. The molecule has 0 saturated carbocycles. The third kappa shape index (κ3) is 2.56. The van der Waals surface area contributed by atoms with E-state index in [9.17, 15) is 10.2 Å². The minimum atomic E-state index is -0.213. The van der Waals surface area contributed by atoms with Crippen molar-refractivity contribution in [3.05, 3.63) is 27.7 Å². The Morgan fingerprint density at radius 2 is 2.25 bits per heavy atom. The van der Waals surface area contributed by atoms with Crippen molar-refractivity contribution < 1.29 is 10.2 Å². The fourth-order valence-electron chi connectivity index (χ4n) is 2.12. The summed E-state index contributed by atoms with van der Waals surface area (Å²) in [6.45, 7) is 4.30. The van der Waals surface area contributed by atoms with Crippen molar-refractivity contribution in [2.75, 3.05) is 13.1 Å². The van der Waals surface area contributed by atoms with E-state index in [4.69, 9.17) is 0 Å². The minimum absolute atomic E-state index is 0.213. The summed E-state index contributed by atoms with van der Waals surface area (Å²) in [6.07, 6.45) is 0.615. The van der Waals surface area contributed by atoms with E-state index >= 15 is 0 Å². The summed E-state index contributed by atoms with van der Waals surface area (Å²) in [7, 11) is 0. The Labute approximate surface area is 104 Å². The molecule has 1 heterocycles. The Bertz CT molecular complexity index is 395. The molecule has 0 amide bonds. The summed E-state index contributed by atoms with van der Waals surface area (Å²) >= 11 is 3.34. The lowest BCUT2D eigenvalue weighted by molar-refractivity contribution is 0.174. The summed E-state index contributed by atoms with van der Waals surface area (Å²) in [4.78, 5) is 2.16. The van der Waals surface area contributed by atoms with Crippen LogP contribution < -0.4 is 0 Å². The first-order chi connectivity index (χ1) is 7.56. The number of aliphatic hydroxyl groups is 1. The van der Waals surface area contributed by atoms with Gasteiger partial charge in [-0.1, -0.05) is 6.07 Å². The van der Waals surface area contributed by atoms with Crippen LogP contribution in [-0.4, -0.2) is 34.3 Å². The molecule has 1 aliphatic heterocycles. The molecule has 0 unspecified atom stereocenters. The summed E-state index contributed by atoms with van der Waals surface area (Å²) < 4.78 is 0.738. The van der Waals surface area contributed by atoms with E-state index in [1.807, 2.05) is 19.1 Å². The third-order valence-electron chi connectivity index (χ3n) is 2.93. The average Bonchev–Trinajstić information content (AvgIpc) is 2.60. The molecule has 0 aromatic heterocycles. The number of aryl methyl sites for hydroxylation is 1. The van der Waals surface area contributed by atoms with Crippen LogP contribution in [0, 0.1) is 6.92 Å². The highest BCUT2D eigenvalue weighted by molar-refractivity contribution is 9.10. The Morgan fingerprint density at radius 3 is 2.88 bits per heavy atom. The van der Waals surface area contributed by atoms with Crippen molar-refractivity contribution in [1.29, 1.82) is 0 Å². The molecule has 0 bridgehead atoms. The van der Waals surface area contributed by atoms with Gasteiger partial charge in [-0.15, -0.1) is 0 Å². The smallest absolute Gasteiger partial charge is 0.134 e. The first-order valence-electron chi connectivity index (χ1n) is 5.44. The van der Waals surface area contributed by atoms with Crippen molar-refractivity contribution in [1.82, 2.24) is 4.90 Å². The molecule has 1 atom stereocenters. The number of aromatic hydroxyl groups is 1. The molecule has 1 aliphatic rings. The second-order valence-corrected chi connectivity index (χ2v) is 5.29. The van der Waals surface area contributed by atoms with Gasteiger partial charge in [-0.25, -0.2) is 0 Å². The highest BCUT2D eigenvalue weighted by Crippen LogP contribution is 2.30. The van der Waals surface area contributed by atoms with Crippen LogP contribution in [0.4, 0.5) is 0 Å². The van der Waals surface area contributed by atoms with Crippen molar-refractivity contribution in [3.63, 3.8) is 0 Å². The number of phenols is 1. The molecular formula is C12H16BrNO2. The fourth-order valence-corrected chi connectivity index (χ4v) is 2.74. The quantitative estimate of drug-likeness (QED) is 0.874. The Kier molecular flexibility index (Phi) is 3.52. The summed E-state index contributed by atoms with van der Waals surface area (Å²) in [5.74, 6) is 0.312. The zero-order valence-corrected chi connectivity index (χ0v) is 10.9. The molecule has 1 aromatic rings. The molecule has 1 saturated heterocycles. The molecule has 1 fully saturated rings. The van der Waals surface area contributed by atoms with Crippen LogP contribution in [-0.2, 0) is 6.54 Å². The van der Waals surface area contributed by atoms with Gasteiger partial charge in [0.2, 0.25) is 0 Å². The van der Waals surface area contributed by atoms with Gasteiger partial charge < -0.3 is 10.2 Å². The predicted octanol–water partition coefficient (Wildman–Crippen LogP) is 2.03. The number of β-amino-alcohol motifs (C(OH)–C–C–N with tert-alkyl or cyclic N) is 1. The van der Waals surface area contributed by atoms with E-state index < -0.39 is 0 Å². The molecule has 1 aromatic carbocycles. The number of aliphatic hydroxyl groups excluding tert-OH is 1. The lowest BCUT2D eigenvalue weighted by Gasteiger charge is -2.16. The van der Waals surface area contributed by atoms with E-state index in [-0.39, 0.29) is 6.10 Å². The summed E-state index contributed by atoms with van der Waals surface area (Å²) in [5.41, 5.74) is 2.04. The highest BCUT2D eigenvalue weighted by Gasteiger charge is 2.21. The lowest BCUT2D eigenvalue weighted by Crippen LogP contribution is -2.21. The number of rotatable bonds is 2. The monoisotopic (exact) mass is 285 g/mol. The van der Waals surface area contributed by atoms with Crippen LogP contribution in [0.5, 0.6) is 5.75 Å².